The molecule has 2 rings (SSSR count). The number of hydrogen-bond acceptors (Lipinski definition) is 15. The molecule has 0 aliphatic carbocycles. The van der Waals surface area contributed by atoms with Crippen molar-refractivity contribution in [3.8, 4) is 0 Å². The van der Waals surface area contributed by atoms with Gasteiger partial charge in [0.05, 0.1) is 66.2 Å². The molecular weight excluding hydrogens is 728 g/mol. The second-order valence-corrected chi connectivity index (χ2v) is 17.4. The number of likely N-dealkylation sites (N-methyl/N-ethyl adjacent to an activating group) is 1. The average Bonchev–Trinajstić information content (AvgIpc) is 3.11. The first-order valence-corrected chi connectivity index (χ1v) is 20.8. The van der Waals surface area contributed by atoms with Gasteiger partial charge in [0.1, 0.15) is 12.2 Å². The summed E-state index contributed by atoms with van der Waals surface area (Å²) in [6.07, 6.45) is -5.25. The van der Waals surface area contributed by atoms with Crippen molar-refractivity contribution in [2.24, 2.45) is 28.8 Å². The molecule has 15 heteroatoms. The number of nitrogens with zero attached hydrogens (tertiary/aromatic N) is 1. The first-order chi connectivity index (χ1) is 26.1. The fourth-order valence-corrected chi connectivity index (χ4v) is 8.60. The van der Waals surface area contributed by atoms with Crippen LogP contribution < -0.4 is 5.32 Å². The lowest BCUT2D eigenvalue weighted by Crippen LogP contribution is -2.60. The van der Waals surface area contributed by atoms with Crippen LogP contribution in [0.4, 0.5) is 0 Å². The Balaban J connectivity index is 2.58. The van der Waals surface area contributed by atoms with Crippen LogP contribution in [0.25, 0.3) is 0 Å². The molecule has 0 aromatic carbocycles. The highest BCUT2D eigenvalue weighted by molar-refractivity contribution is 5.88. The third-order valence-electron chi connectivity index (χ3n) is 11.7. The van der Waals surface area contributed by atoms with E-state index < -0.39 is 83.8 Å². The van der Waals surface area contributed by atoms with Gasteiger partial charge < -0.3 is 68.8 Å². The first kappa shape index (κ1) is 51.1. The molecule has 16 atom stereocenters. The molecule has 8 unspecified atom stereocenters. The highest BCUT2D eigenvalue weighted by atomic mass is 16.7. The molecule has 0 amide bonds. The second kappa shape index (κ2) is 23.1. The molecule has 0 spiro atoms. The lowest BCUT2D eigenvalue weighted by Gasteiger charge is -2.48. The molecule has 0 bridgehead atoms. The highest BCUT2D eigenvalue weighted by Gasteiger charge is 2.50. The molecule has 2 saturated heterocycles. The molecule has 332 valence electrons. The zero-order chi connectivity index (χ0) is 42.6. The molecule has 0 saturated carbocycles. The van der Waals surface area contributed by atoms with E-state index in [1.165, 1.54) is 0 Å². The molecule has 6 N–H and O–H groups in total. The minimum atomic E-state index is -1.61. The summed E-state index contributed by atoms with van der Waals surface area (Å²) < 4.78 is 42.1. The summed E-state index contributed by atoms with van der Waals surface area (Å²) in [5, 5.41) is 65.6. The molecule has 0 aromatic heterocycles. The first-order valence-electron chi connectivity index (χ1n) is 20.8. The lowest BCUT2D eigenvalue weighted by molar-refractivity contribution is -0.315. The summed E-state index contributed by atoms with van der Waals surface area (Å²) in [7, 11) is 3.13. The Bertz CT molecular complexity index is 1140. The van der Waals surface area contributed by atoms with E-state index in [1.54, 1.807) is 41.9 Å². The number of methoxy groups -OCH3 is 2. The summed E-state index contributed by atoms with van der Waals surface area (Å²) in [6.45, 7) is 23.5. The van der Waals surface area contributed by atoms with Crippen LogP contribution in [0.5, 0.6) is 0 Å². The number of ether oxygens (including phenoxy) is 7. The Labute approximate surface area is 337 Å². The number of nitrogens with one attached hydrogen (secondary N) is 1. The largest absolute Gasteiger partial charge is 0.389 e. The Morgan fingerprint density at radius 1 is 0.982 bits per heavy atom. The van der Waals surface area contributed by atoms with E-state index in [9.17, 15) is 25.5 Å². The van der Waals surface area contributed by atoms with Crippen LogP contribution in [0.3, 0.4) is 0 Å². The van der Waals surface area contributed by atoms with Gasteiger partial charge in [-0.1, -0.05) is 60.0 Å². The Hall–Kier alpha value is -1.05. The quantitative estimate of drug-likeness (QED) is 0.0338. The van der Waals surface area contributed by atoms with Crippen LogP contribution in [0.15, 0.2) is 5.16 Å². The maximum Gasteiger partial charge on any atom is 0.216 e. The Morgan fingerprint density at radius 2 is 1.64 bits per heavy atom. The fourth-order valence-electron chi connectivity index (χ4n) is 8.60. The van der Waals surface area contributed by atoms with Crippen molar-refractivity contribution in [2.75, 3.05) is 40.8 Å². The number of aliphatic hydroxyl groups is 5. The Morgan fingerprint density at radius 3 is 2.21 bits per heavy atom. The average molecular weight is 809 g/mol. The van der Waals surface area contributed by atoms with Crippen molar-refractivity contribution in [2.45, 2.75) is 193 Å². The van der Waals surface area contributed by atoms with E-state index >= 15 is 0 Å². The van der Waals surface area contributed by atoms with Gasteiger partial charge in [-0.05, 0) is 66.3 Å². The SMILES string of the molecule is CCCC(C)(O)C(O)C(C)C(=NOCOCCOC)C(C)CC(C)(O)C(O[C@@H]1O[C@H](C)C[C@H](NCC)[C@H]1O)C(C)C(O[C@H]1C[C@@](C)(OC)[C@@H](O)[C@H](C)O1)C(C)C. The van der Waals surface area contributed by atoms with E-state index in [4.69, 9.17) is 38.0 Å². The summed E-state index contributed by atoms with van der Waals surface area (Å²) in [4.78, 5) is 5.59. The smallest absolute Gasteiger partial charge is 0.216 e. The van der Waals surface area contributed by atoms with Gasteiger partial charge in [0.15, 0.2) is 12.6 Å². The summed E-state index contributed by atoms with van der Waals surface area (Å²) >= 11 is 0. The summed E-state index contributed by atoms with van der Waals surface area (Å²) in [6, 6.07) is -0.291. The molecule has 56 heavy (non-hydrogen) atoms. The number of rotatable bonds is 25. The second-order valence-electron chi connectivity index (χ2n) is 17.4. The molecule has 2 aliphatic heterocycles. The number of aliphatic hydroxyl groups excluding tert-OH is 3. The zero-order valence-corrected chi connectivity index (χ0v) is 36.9. The van der Waals surface area contributed by atoms with Crippen molar-refractivity contribution in [1.29, 1.82) is 0 Å². The van der Waals surface area contributed by atoms with Crippen molar-refractivity contribution in [3.05, 3.63) is 0 Å². The minimum Gasteiger partial charge on any atom is -0.389 e. The van der Waals surface area contributed by atoms with Crippen LogP contribution in [0, 0.1) is 23.7 Å². The van der Waals surface area contributed by atoms with E-state index in [-0.39, 0.29) is 37.7 Å². The Kier molecular flexibility index (Phi) is 21.1. The minimum absolute atomic E-state index is 0.0758. The van der Waals surface area contributed by atoms with Gasteiger partial charge in [-0.25, -0.2) is 0 Å². The van der Waals surface area contributed by atoms with Crippen molar-refractivity contribution in [3.63, 3.8) is 0 Å². The van der Waals surface area contributed by atoms with Gasteiger partial charge in [-0.15, -0.1) is 0 Å². The third-order valence-corrected chi connectivity index (χ3v) is 11.7. The maximum atomic E-state index is 12.7. The van der Waals surface area contributed by atoms with Gasteiger partial charge >= 0.3 is 0 Å². The molecular formula is C41H80N2O13. The molecule has 2 aliphatic rings. The van der Waals surface area contributed by atoms with Crippen LogP contribution in [0.2, 0.25) is 0 Å². The highest BCUT2D eigenvalue weighted by Crippen LogP contribution is 2.39. The summed E-state index contributed by atoms with van der Waals surface area (Å²) in [5.41, 5.74) is -3.51. The standard InChI is InChI=1S/C41H80N2O13/c1-15-17-39(10,47)35(45)27(7)32(43-52-23-51-19-18-49-13)25(5)21-40(11,48)37(56-38-33(44)30(42-16-2)20-26(6)53-38)28(8)34(24(3)4)55-31-22-41(12,50-14)36(46)29(9)54-31/h24-31,33-38,42,44-48H,15-23H2,1-14H3/t25?,26-,27?,28?,29+,30+,31+,33-,34?,35?,36+,37?,38+,39?,40?,41-/m1/s1. The van der Waals surface area contributed by atoms with Crippen LogP contribution in [-0.2, 0) is 38.0 Å². The van der Waals surface area contributed by atoms with Gasteiger partial charge in [-0.3, -0.25) is 0 Å². The molecule has 15 nitrogen and oxygen atoms in total. The van der Waals surface area contributed by atoms with Gasteiger partial charge in [0.25, 0.3) is 0 Å². The predicted octanol–water partition coefficient (Wildman–Crippen LogP) is 3.74. The normalized spacial score (nSPS) is 33.2. The van der Waals surface area contributed by atoms with Gasteiger partial charge in [0.2, 0.25) is 6.79 Å². The van der Waals surface area contributed by atoms with Crippen LogP contribution >= 0.6 is 0 Å². The van der Waals surface area contributed by atoms with Crippen molar-refractivity contribution in [1.82, 2.24) is 5.32 Å². The molecule has 0 aromatic rings. The van der Waals surface area contributed by atoms with Gasteiger partial charge in [0, 0.05) is 44.4 Å². The van der Waals surface area contributed by atoms with Crippen molar-refractivity contribution < 1.29 is 63.5 Å². The van der Waals surface area contributed by atoms with Crippen LogP contribution in [-0.4, -0.2) is 150 Å². The van der Waals surface area contributed by atoms with E-state index in [2.05, 4.69) is 10.5 Å². The van der Waals surface area contributed by atoms with E-state index in [0.29, 0.717) is 44.7 Å². The third kappa shape index (κ3) is 14.0. The van der Waals surface area contributed by atoms with Crippen LogP contribution in [0.1, 0.15) is 115 Å². The van der Waals surface area contributed by atoms with E-state index in [0.717, 1.165) is 0 Å². The number of oxime groups is 1. The summed E-state index contributed by atoms with van der Waals surface area (Å²) in [5.74, 6) is -1.79. The number of hydrogen-bond donors (Lipinski definition) is 6. The zero-order valence-electron chi connectivity index (χ0n) is 36.9. The van der Waals surface area contributed by atoms with Gasteiger partial charge in [-0.2, -0.15) is 0 Å². The molecule has 0 radical (unpaired) electrons. The van der Waals surface area contributed by atoms with E-state index in [1.807, 2.05) is 55.4 Å². The fraction of sp³-hybridized carbons (Fsp3) is 0.976. The predicted molar refractivity (Wildman–Crippen MR) is 213 cm³/mol. The monoisotopic (exact) mass is 809 g/mol. The van der Waals surface area contributed by atoms with Crippen molar-refractivity contribution >= 4 is 5.71 Å². The maximum absolute atomic E-state index is 12.7. The lowest BCUT2D eigenvalue weighted by atomic mass is 9.74. The topological polar surface area (TPSA) is 199 Å². The molecule has 2 heterocycles. The molecule has 2 fully saturated rings.